The van der Waals surface area contributed by atoms with Crippen molar-refractivity contribution >= 4 is 44.2 Å². The van der Waals surface area contributed by atoms with E-state index in [1.807, 2.05) is 0 Å². The third-order valence-corrected chi connectivity index (χ3v) is 5.17. The van der Waals surface area contributed by atoms with Crippen LogP contribution in [0.25, 0.3) is 10.8 Å². The number of hydrogen-bond donors (Lipinski definition) is 2. The fraction of sp³-hybridized carbons (Fsp3) is 0.154. The van der Waals surface area contributed by atoms with E-state index in [9.17, 15) is 22.7 Å². The summed E-state index contributed by atoms with van der Waals surface area (Å²) in [6, 6.07) is 4.27. The molecule has 1 heterocycles. The monoisotopic (exact) mass is 360 g/mol. The van der Waals surface area contributed by atoms with Gasteiger partial charge < -0.3 is 9.84 Å². The van der Waals surface area contributed by atoms with Crippen LogP contribution in [-0.4, -0.2) is 33.1 Å². The number of phenolic OH excluding ortho intramolecular Hbond substituents is 1. The number of aromatic hydroxyl groups is 1. The van der Waals surface area contributed by atoms with Crippen LogP contribution in [0.5, 0.6) is 11.5 Å². The van der Waals surface area contributed by atoms with Crippen molar-refractivity contribution in [3.8, 4) is 11.5 Å². The van der Waals surface area contributed by atoms with E-state index in [2.05, 4.69) is 0 Å². The minimum Gasteiger partial charge on any atom is -0.504 e. The van der Waals surface area contributed by atoms with Crippen molar-refractivity contribution in [3.63, 3.8) is 0 Å². The molecule has 0 aromatic heterocycles. The van der Waals surface area contributed by atoms with E-state index < -0.39 is 39.9 Å². The van der Waals surface area contributed by atoms with Gasteiger partial charge in [0.15, 0.2) is 11.6 Å². The van der Waals surface area contributed by atoms with E-state index in [1.165, 1.54) is 25.3 Å². The first-order valence-corrected chi connectivity index (χ1v) is 8.09. The van der Waals surface area contributed by atoms with Crippen LogP contribution in [-0.2, 0) is 15.0 Å². The number of methoxy groups -OCH3 is 1. The summed E-state index contributed by atoms with van der Waals surface area (Å²) in [4.78, 5) is 11.3. The van der Waals surface area contributed by atoms with E-state index in [0.29, 0.717) is 10.1 Å². The first-order chi connectivity index (χ1) is 10.8. The molecule has 1 fully saturated rings. The summed E-state index contributed by atoms with van der Waals surface area (Å²) in [5.41, 5.74) is -0.686. The molecule has 0 spiro atoms. The summed E-state index contributed by atoms with van der Waals surface area (Å²) < 4.78 is 45.8. The van der Waals surface area contributed by atoms with Crippen LogP contribution in [0.15, 0.2) is 18.2 Å². The maximum absolute atomic E-state index is 14.8. The van der Waals surface area contributed by atoms with E-state index >= 15 is 0 Å². The molecule has 2 aromatic carbocycles. The second-order valence-corrected chi connectivity index (χ2v) is 6.75. The number of amides is 1. The smallest absolute Gasteiger partial charge is 0.326 e. The van der Waals surface area contributed by atoms with Gasteiger partial charge in [0.05, 0.1) is 12.1 Å². The zero-order valence-electron chi connectivity index (χ0n) is 11.6. The molecule has 3 rings (SSSR count). The summed E-state index contributed by atoms with van der Waals surface area (Å²) in [5, 5.41) is 10.0. The molecule has 1 aliphatic heterocycles. The van der Waals surface area contributed by atoms with Crippen molar-refractivity contribution in [2.45, 2.75) is 0 Å². The molecule has 0 atom stereocenters. The fourth-order valence-corrected chi connectivity index (χ4v) is 3.77. The Morgan fingerprint density at radius 2 is 2.09 bits per heavy atom. The third kappa shape index (κ3) is 2.32. The minimum atomic E-state index is -4.29. The summed E-state index contributed by atoms with van der Waals surface area (Å²) in [7, 11) is -2.91. The van der Waals surface area contributed by atoms with Gasteiger partial charge in [0.1, 0.15) is 18.0 Å². The quantitative estimate of drug-likeness (QED) is 0.846. The Morgan fingerprint density at radius 1 is 1.39 bits per heavy atom. The Hall–Kier alpha value is -2.26. The van der Waals surface area contributed by atoms with Gasteiger partial charge in [-0.05, 0) is 18.2 Å². The second-order valence-electron chi connectivity index (χ2n) is 4.77. The molecule has 10 heteroatoms. The zero-order chi connectivity index (χ0) is 16.9. The summed E-state index contributed by atoms with van der Waals surface area (Å²) in [6.07, 6.45) is 0. The molecule has 23 heavy (non-hydrogen) atoms. The molecule has 1 saturated heterocycles. The van der Waals surface area contributed by atoms with Gasteiger partial charge in [0, 0.05) is 10.8 Å². The zero-order valence-corrected chi connectivity index (χ0v) is 13.2. The average molecular weight is 361 g/mol. The molecular weight excluding hydrogens is 351 g/mol. The Bertz CT molecular complexity index is 947. The minimum absolute atomic E-state index is 0.0447. The summed E-state index contributed by atoms with van der Waals surface area (Å²) in [6.45, 7) is -0.654. The fourth-order valence-electron chi connectivity index (χ4n) is 2.36. The molecule has 0 radical (unpaired) electrons. The van der Waals surface area contributed by atoms with Gasteiger partial charge in [-0.1, -0.05) is 11.6 Å². The number of phenols is 1. The molecule has 0 unspecified atom stereocenters. The molecule has 0 bridgehead atoms. The molecule has 2 aromatic rings. The van der Waals surface area contributed by atoms with Crippen molar-refractivity contribution in [3.05, 3.63) is 29.0 Å². The van der Waals surface area contributed by atoms with Gasteiger partial charge in [-0.2, -0.15) is 8.42 Å². The van der Waals surface area contributed by atoms with Crippen LogP contribution in [0.1, 0.15) is 0 Å². The Balaban J connectivity index is 2.35. The van der Waals surface area contributed by atoms with Crippen molar-refractivity contribution in [1.29, 1.82) is 0 Å². The molecular formula is C13H10ClFN2O5S. The molecule has 1 amide bonds. The van der Waals surface area contributed by atoms with Crippen LogP contribution in [0.2, 0.25) is 5.02 Å². The third-order valence-electron chi connectivity index (χ3n) is 3.41. The number of hydrogen-bond acceptors (Lipinski definition) is 5. The Kier molecular flexibility index (Phi) is 3.49. The Labute approximate surface area is 135 Å². The number of anilines is 1. The highest BCUT2D eigenvalue weighted by Crippen LogP contribution is 2.45. The van der Waals surface area contributed by atoms with Gasteiger partial charge in [0.25, 0.3) is 5.91 Å². The molecule has 0 aliphatic carbocycles. The lowest BCUT2D eigenvalue weighted by Gasteiger charge is -2.19. The van der Waals surface area contributed by atoms with Crippen molar-refractivity contribution in [1.82, 2.24) is 4.72 Å². The molecule has 0 saturated carbocycles. The second kappa shape index (κ2) is 5.14. The van der Waals surface area contributed by atoms with Crippen molar-refractivity contribution in [2.24, 2.45) is 0 Å². The number of fused-ring (bicyclic) bond motifs is 1. The average Bonchev–Trinajstić information content (AvgIpc) is 2.77. The Morgan fingerprint density at radius 3 is 2.65 bits per heavy atom. The van der Waals surface area contributed by atoms with E-state index in [1.54, 1.807) is 4.72 Å². The lowest BCUT2D eigenvalue weighted by Crippen LogP contribution is -2.30. The topological polar surface area (TPSA) is 95.9 Å². The molecule has 7 nitrogen and oxygen atoms in total. The van der Waals surface area contributed by atoms with Crippen molar-refractivity contribution < 1.29 is 27.4 Å². The van der Waals surface area contributed by atoms with Gasteiger partial charge in [-0.3, -0.25) is 4.79 Å². The molecule has 1 aliphatic rings. The van der Waals surface area contributed by atoms with Crippen LogP contribution in [0, 0.1) is 5.82 Å². The van der Waals surface area contributed by atoms with Gasteiger partial charge in [-0.15, -0.1) is 0 Å². The number of halogens is 2. The lowest BCUT2D eigenvalue weighted by atomic mass is 10.1. The number of carbonyl (C=O) groups is 1. The van der Waals surface area contributed by atoms with Crippen molar-refractivity contribution in [2.75, 3.05) is 18.0 Å². The summed E-state index contributed by atoms with van der Waals surface area (Å²) >= 11 is 6.02. The maximum Gasteiger partial charge on any atom is 0.326 e. The number of ether oxygens (including phenoxy) is 1. The number of nitrogens with zero attached hydrogens (tertiary/aromatic N) is 1. The van der Waals surface area contributed by atoms with Crippen LogP contribution in [0.3, 0.4) is 0 Å². The molecule has 2 N–H and O–H groups in total. The first kappa shape index (κ1) is 15.6. The SMILES string of the molecule is COc1ccc2c(Cl)c(O)c(N3CC(=O)NS3(=O)=O)c(F)c2c1. The normalized spacial score (nSPS) is 16.7. The van der Waals surface area contributed by atoms with Crippen LogP contribution < -0.4 is 13.8 Å². The number of benzene rings is 2. The largest absolute Gasteiger partial charge is 0.504 e. The highest BCUT2D eigenvalue weighted by atomic mass is 35.5. The predicted molar refractivity (Wildman–Crippen MR) is 81.5 cm³/mol. The lowest BCUT2D eigenvalue weighted by molar-refractivity contribution is -0.117. The van der Waals surface area contributed by atoms with Crippen LogP contribution in [0.4, 0.5) is 10.1 Å². The maximum atomic E-state index is 14.8. The number of carbonyl (C=O) groups excluding carboxylic acids is 1. The van der Waals surface area contributed by atoms with E-state index in [-0.39, 0.29) is 15.8 Å². The van der Waals surface area contributed by atoms with Gasteiger partial charge >= 0.3 is 10.2 Å². The van der Waals surface area contributed by atoms with E-state index in [0.717, 1.165) is 0 Å². The predicted octanol–water partition coefficient (Wildman–Crippen LogP) is 1.53. The summed E-state index contributed by atoms with van der Waals surface area (Å²) in [5.74, 6) is -2.31. The highest BCUT2D eigenvalue weighted by molar-refractivity contribution is 7.92. The highest BCUT2D eigenvalue weighted by Gasteiger charge is 2.38. The van der Waals surface area contributed by atoms with Gasteiger partial charge in [0.2, 0.25) is 0 Å². The van der Waals surface area contributed by atoms with Crippen LogP contribution >= 0.6 is 11.6 Å². The first-order valence-electron chi connectivity index (χ1n) is 6.27. The standard InChI is InChI=1S/C13H10ClFN2O5S/c1-22-6-2-3-7-8(4-6)11(15)12(13(19)10(7)14)17-5-9(18)16-23(17,20)21/h2-4,19H,5H2,1H3,(H,16,18). The van der Waals surface area contributed by atoms with E-state index in [4.69, 9.17) is 16.3 Å². The number of rotatable bonds is 2. The molecule has 122 valence electrons. The number of nitrogens with one attached hydrogen (secondary N) is 1. The van der Waals surface area contributed by atoms with Gasteiger partial charge in [-0.25, -0.2) is 13.4 Å².